The van der Waals surface area contributed by atoms with Crippen LogP contribution < -0.4 is 5.43 Å². The molecule has 0 spiro atoms. The first-order valence-corrected chi connectivity index (χ1v) is 12.6. The molecular weight excluding hydrogens is 511 g/mol. The van der Waals surface area contributed by atoms with Crippen molar-refractivity contribution >= 4 is 35.3 Å². The number of carboxylic acid groups (broad SMARTS) is 1. The number of carbonyl (C=O) groups excluding carboxylic acids is 1. The van der Waals surface area contributed by atoms with Gasteiger partial charge in [-0.3, -0.25) is 4.79 Å². The van der Waals surface area contributed by atoms with Crippen LogP contribution >= 0.6 is 23.2 Å². The van der Waals surface area contributed by atoms with Gasteiger partial charge in [-0.25, -0.2) is 14.9 Å². The van der Waals surface area contributed by atoms with Gasteiger partial charge in [0.2, 0.25) is 0 Å². The van der Waals surface area contributed by atoms with Gasteiger partial charge in [-0.2, -0.15) is 0 Å². The molecule has 1 heterocycles. The normalized spacial score (nSPS) is 14.6. The van der Waals surface area contributed by atoms with Gasteiger partial charge in [-0.1, -0.05) is 89.9 Å². The van der Waals surface area contributed by atoms with Gasteiger partial charge < -0.3 is 9.84 Å². The van der Waals surface area contributed by atoms with Crippen LogP contribution in [0.5, 0.6) is 0 Å². The van der Waals surface area contributed by atoms with Crippen LogP contribution in [0.25, 0.3) is 22.4 Å². The number of carboxylic acids is 1. The summed E-state index contributed by atoms with van der Waals surface area (Å²) in [6.45, 7) is 1.75. The molecule has 1 saturated carbocycles. The highest BCUT2D eigenvalue weighted by Gasteiger charge is 2.51. The van der Waals surface area contributed by atoms with E-state index in [2.05, 4.69) is 5.43 Å². The van der Waals surface area contributed by atoms with Crippen LogP contribution in [-0.2, 0) is 14.9 Å². The maximum atomic E-state index is 12.6. The highest BCUT2D eigenvalue weighted by atomic mass is 35.5. The van der Waals surface area contributed by atoms with E-state index < -0.39 is 23.6 Å². The Kier molecular flexibility index (Phi) is 6.71. The maximum Gasteiger partial charge on any atom is 0.427 e. The SMILES string of the molecule is CC(OC(=O)Nn1c(Cl)ccc1-c1ccc(-c2ccc(C3(C(=O)O)CC3)cc2)cc1)c1ccccc1Cl. The number of ether oxygens (including phenoxy) is 1. The molecule has 37 heavy (non-hydrogen) atoms. The average molecular weight is 535 g/mol. The summed E-state index contributed by atoms with van der Waals surface area (Å²) < 4.78 is 6.98. The summed E-state index contributed by atoms with van der Waals surface area (Å²) >= 11 is 12.6. The fourth-order valence-electron chi connectivity index (χ4n) is 4.46. The third kappa shape index (κ3) is 4.95. The Morgan fingerprint density at radius 2 is 1.49 bits per heavy atom. The highest BCUT2D eigenvalue weighted by molar-refractivity contribution is 6.31. The number of hydrogen-bond donors (Lipinski definition) is 2. The summed E-state index contributed by atoms with van der Waals surface area (Å²) in [6.07, 6.45) is 0.138. The number of hydrogen-bond acceptors (Lipinski definition) is 3. The second kappa shape index (κ2) is 9.96. The van der Waals surface area contributed by atoms with Gasteiger partial charge in [0.05, 0.1) is 11.1 Å². The van der Waals surface area contributed by atoms with Crippen molar-refractivity contribution in [3.63, 3.8) is 0 Å². The summed E-state index contributed by atoms with van der Waals surface area (Å²) in [5, 5.41) is 10.4. The molecule has 4 aromatic rings. The van der Waals surface area contributed by atoms with Gasteiger partial charge in [-0.15, -0.1) is 0 Å². The van der Waals surface area contributed by atoms with E-state index in [4.69, 9.17) is 27.9 Å². The van der Waals surface area contributed by atoms with Crippen molar-refractivity contribution in [3.8, 4) is 22.4 Å². The molecule has 6 nitrogen and oxygen atoms in total. The summed E-state index contributed by atoms with van der Waals surface area (Å²) in [4.78, 5) is 24.2. The lowest BCUT2D eigenvalue weighted by Crippen LogP contribution is -2.25. The predicted molar refractivity (Wildman–Crippen MR) is 145 cm³/mol. The molecule has 1 amide bonds. The van der Waals surface area contributed by atoms with Gasteiger partial charge >= 0.3 is 12.1 Å². The van der Waals surface area contributed by atoms with E-state index in [0.29, 0.717) is 34.3 Å². The molecule has 1 unspecified atom stereocenters. The fraction of sp³-hybridized carbons (Fsp3) is 0.172. The van der Waals surface area contributed by atoms with Gasteiger partial charge in [0, 0.05) is 16.1 Å². The van der Waals surface area contributed by atoms with Crippen LogP contribution in [0.3, 0.4) is 0 Å². The Morgan fingerprint density at radius 1 is 0.892 bits per heavy atom. The number of carbonyl (C=O) groups is 2. The van der Waals surface area contributed by atoms with Crippen LogP contribution in [-0.4, -0.2) is 21.8 Å². The number of nitrogens with zero attached hydrogens (tertiary/aromatic N) is 1. The highest BCUT2D eigenvalue weighted by Crippen LogP contribution is 2.48. The van der Waals surface area contributed by atoms with E-state index in [-0.39, 0.29) is 0 Å². The number of aliphatic carboxylic acids is 1. The molecule has 0 saturated heterocycles. The quantitative estimate of drug-likeness (QED) is 0.254. The summed E-state index contributed by atoms with van der Waals surface area (Å²) in [5.74, 6) is -0.762. The predicted octanol–water partition coefficient (Wildman–Crippen LogP) is 7.69. The lowest BCUT2D eigenvalue weighted by molar-refractivity contribution is -0.140. The Balaban J connectivity index is 1.30. The fourth-order valence-corrected chi connectivity index (χ4v) is 4.95. The van der Waals surface area contributed by atoms with Gasteiger partial charge in [0.1, 0.15) is 11.3 Å². The van der Waals surface area contributed by atoms with Crippen LogP contribution in [0.4, 0.5) is 4.79 Å². The molecule has 3 aromatic carbocycles. The molecule has 8 heteroatoms. The second-order valence-electron chi connectivity index (χ2n) is 9.10. The zero-order valence-electron chi connectivity index (χ0n) is 19.9. The first kappa shape index (κ1) is 24.9. The summed E-state index contributed by atoms with van der Waals surface area (Å²) in [7, 11) is 0. The molecule has 1 atom stereocenters. The topological polar surface area (TPSA) is 80.6 Å². The molecule has 2 N–H and O–H groups in total. The van der Waals surface area contributed by atoms with Crippen molar-refractivity contribution in [1.82, 2.24) is 4.68 Å². The van der Waals surface area contributed by atoms with Crippen LogP contribution in [0, 0.1) is 0 Å². The molecule has 1 aromatic heterocycles. The minimum Gasteiger partial charge on any atom is -0.481 e. The minimum atomic E-state index is -0.762. The zero-order valence-corrected chi connectivity index (χ0v) is 21.5. The molecule has 1 aliphatic carbocycles. The van der Waals surface area contributed by atoms with Crippen LogP contribution in [0.2, 0.25) is 10.2 Å². The second-order valence-corrected chi connectivity index (χ2v) is 9.89. The van der Waals surface area contributed by atoms with E-state index in [0.717, 1.165) is 22.3 Å². The van der Waals surface area contributed by atoms with E-state index >= 15 is 0 Å². The third-order valence-electron chi connectivity index (χ3n) is 6.77. The Bertz CT molecular complexity index is 1460. The first-order valence-electron chi connectivity index (χ1n) is 11.8. The van der Waals surface area contributed by atoms with Crippen molar-refractivity contribution in [1.29, 1.82) is 0 Å². The summed E-state index contributed by atoms with van der Waals surface area (Å²) in [5.41, 5.74) is 7.03. The molecule has 1 fully saturated rings. The van der Waals surface area contributed by atoms with Crippen molar-refractivity contribution in [2.45, 2.75) is 31.3 Å². The number of nitrogens with one attached hydrogen (secondary N) is 1. The molecular formula is C29H24Cl2N2O4. The molecule has 5 rings (SSSR count). The lowest BCUT2D eigenvalue weighted by atomic mass is 9.93. The van der Waals surface area contributed by atoms with E-state index in [1.54, 1.807) is 25.1 Å². The minimum absolute atomic E-state index is 0.324. The monoisotopic (exact) mass is 534 g/mol. The number of halogens is 2. The number of aromatic nitrogens is 1. The van der Waals surface area contributed by atoms with Crippen molar-refractivity contribution < 1.29 is 19.4 Å². The van der Waals surface area contributed by atoms with E-state index in [1.165, 1.54) is 4.68 Å². The van der Waals surface area contributed by atoms with Gasteiger partial charge in [0.25, 0.3) is 0 Å². The van der Waals surface area contributed by atoms with E-state index in [1.807, 2.05) is 66.7 Å². The largest absolute Gasteiger partial charge is 0.481 e. The smallest absolute Gasteiger partial charge is 0.427 e. The molecule has 188 valence electrons. The molecule has 0 radical (unpaired) electrons. The van der Waals surface area contributed by atoms with E-state index in [9.17, 15) is 14.7 Å². The van der Waals surface area contributed by atoms with Crippen LogP contribution in [0.1, 0.15) is 37.0 Å². The number of amides is 1. The lowest BCUT2D eigenvalue weighted by Gasteiger charge is -2.17. The molecule has 0 bridgehead atoms. The Labute approximate surface area is 224 Å². The van der Waals surface area contributed by atoms with Gasteiger partial charge in [0.15, 0.2) is 0 Å². The standard InChI is InChI=1S/C29H24Cl2N2O4/c1-18(23-4-2-3-5-24(23)30)37-28(36)32-33-25(14-15-26(33)31)21-8-6-19(7-9-21)20-10-12-22(13-11-20)29(16-17-29)27(34)35/h2-15,18H,16-17H2,1H3,(H,32,36)(H,34,35). The van der Waals surface area contributed by atoms with Crippen molar-refractivity contribution in [2.75, 3.05) is 5.43 Å². The Hall–Kier alpha value is -3.74. The van der Waals surface area contributed by atoms with Crippen molar-refractivity contribution in [3.05, 3.63) is 106 Å². The van der Waals surface area contributed by atoms with Crippen LogP contribution in [0.15, 0.2) is 84.9 Å². The summed E-state index contributed by atoms with van der Waals surface area (Å²) in [6, 6.07) is 26.2. The molecule has 1 aliphatic rings. The molecule has 0 aliphatic heterocycles. The average Bonchev–Trinajstić information content (AvgIpc) is 3.64. The first-order chi connectivity index (χ1) is 17.8. The van der Waals surface area contributed by atoms with Gasteiger partial charge in [-0.05, 0) is 54.7 Å². The maximum absolute atomic E-state index is 12.6. The number of benzene rings is 3. The Morgan fingerprint density at radius 3 is 2.08 bits per heavy atom. The zero-order chi connectivity index (χ0) is 26.2. The van der Waals surface area contributed by atoms with Crippen molar-refractivity contribution in [2.24, 2.45) is 0 Å². The number of rotatable bonds is 7. The third-order valence-corrected chi connectivity index (χ3v) is 7.41.